The molecule has 5 fully saturated rings. The maximum absolute atomic E-state index is 14.5. The topological polar surface area (TPSA) is 118 Å². The average Bonchev–Trinajstić information content (AvgIpc) is 3.15. The van der Waals surface area contributed by atoms with Crippen LogP contribution in [0.15, 0.2) is 53.4 Å². The van der Waals surface area contributed by atoms with Crippen molar-refractivity contribution in [2.75, 3.05) is 4.90 Å². The van der Waals surface area contributed by atoms with Crippen molar-refractivity contribution in [2.45, 2.75) is 62.4 Å². The first kappa shape index (κ1) is 25.5. The molecule has 1 aliphatic heterocycles. The number of imide groups is 1. The predicted octanol–water partition coefficient (Wildman–Crippen LogP) is 3.86. The molecule has 10 heteroatoms. The zero-order chi connectivity index (χ0) is 26.8. The largest absolute Gasteiger partial charge is 0.325 e. The van der Waals surface area contributed by atoms with Crippen LogP contribution in [0, 0.1) is 23.2 Å². The second-order valence-electron chi connectivity index (χ2n) is 11.5. The lowest BCUT2D eigenvalue weighted by Crippen LogP contribution is -2.57. The van der Waals surface area contributed by atoms with E-state index in [0.29, 0.717) is 22.8 Å². The van der Waals surface area contributed by atoms with E-state index in [0.717, 1.165) is 29.7 Å². The quantitative estimate of drug-likeness (QED) is 0.543. The third kappa shape index (κ3) is 4.34. The summed E-state index contributed by atoms with van der Waals surface area (Å²) in [5.41, 5.74) is 0.475. The van der Waals surface area contributed by atoms with Crippen molar-refractivity contribution in [1.82, 2.24) is 4.90 Å². The van der Waals surface area contributed by atoms with E-state index in [9.17, 15) is 22.8 Å². The number of nitrogens with zero attached hydrogens (tertiary/aromatic N) is 2. The molecule has 200 valence electrons. The molecule has 1 unspecified atom stereocenters. The Kier molecular flexibility index (Phi) is 6.16. The summed E-state index contributed by atoms with van der Waals surface area (Å²) in [6.45, 7) is 0.141. The van der Waals surface area contributed by atoms with Gasteiger partial charge in [0.1, 0.15) is 6.04 Å². The van der Waals surface area contributed by atoms with Gasteiger partial charge in [-0.1, -0.05) is 29.8 Å². The zero-order valence-electron chi connectivity index (χ0n) is 20.9. The van der Waals surface area contributed by atoms with E-state index in [-0.39, 0.29) is 29.5 Å². The fourth-order valence-corrected chi connectivity index (χ4v) is 8.44. The molecule has 7 rings (SSSR count). The molecule has 0 radical (unpaired) electrons. The number of halogens is 1. The van der Waals surface area contributed by atoms with Crippen LogP contribution in [-0.4, -0.2) is 37.1 Å². The van der Waals surface area contributed by atoms with Gasteiger partial charge in [-0.05, 0) is 92.2 Å². The normalized spacial score (nSPS) is 30.2. The number of nitrogens with two attached hydrogens (primary N) is 1. The van der Waals surface area contributed by atoms with Crippen LogP contribution in [0.3, 0.4) is 0 Å². The van der Waals surface area contributed by atoms with Crippen molar-refractivity contribution in [3.05, 3.63) is 59.1 Å². The molecular weight excluding hydrogens is 526 g/mol. The van der Waals surface area contributed by atoms with E-state index in [1.54, 1.807) is 11.0 Å². The van der Waals surface area contributed by atoms with Gasteiger partial charge in [-0.3, -0.25) is 14.4 Å². The first-order chi connectivity index (χ1) is 18.0. The van der Waals surface area contributed by atoms with Gasteiger partial charge >= 0.3 is 0 Å². The van der Waals surface area contributed by atoms with Crippen LogP contribution in [-0.2, 0) is 31.0 Å². The summed E-state index contributed by atoms with van der Waals surface area (Å²) in [6, 6.07) is 11.6. The third-order valence-electron chi connectivity index (χ3n) is 8.97. The zero-order valence-corrected chi connectivity index (χ0v) is 22.5. The van der Waals surface area contributed by atoms with Crippen LogP contribution in [0.1, 0.15) is 50.5 Å². The molecule has 38 heavy (non-hydrogen) atoms. The number of amides is 3. The molecule has 0 aromatic heterocycles. The highest BCUT2D eigenvalue weighted by atomic mass is 35.5. The maximum atomic E-state index is 14.5. The minimum absolute atomic E-state index is 0.0471. The van der Waals surface area contributed by atoms with E-state index >= 15 is 0 Å². The number of carbonyl (C=O) groups is 3. The van der Waals surface area contributed by atoms with Crippen LogP contribution in [0.4, 0.5) is 5.69 Å². The Hall–Kier alpha value is -2.75. The van der Waals surface area contributed by atoms with Crippen LogP contribution >= 0.6 is 11.6 Å². The Labute approximate surface area is 227 Å². The highest BCUT2D eigenvalue weighted by Gasteiger charge is 2.57. The smallest absolute Gasteiger partial charge is 0.257 e. The SMILES string of the molecule is NS(=O)(=O)c1ccc(N2C(=O)CC(N(Cc3ccccc3Cl)C(=O)C34CC5CC(CC(C5)C3)C4)C2=O)cc1. The van der Waals surface area contributed by atoms with Gasteiger partial charge in [-0.2, -0.15) is 0 Å². The van der Waals surface area contributed by atoms with Gasteiger partial charge in [0, 0.05) is 11.6 Å². The third-order valence-corrected chi connectivity index (χ3v) is 10.3. The molecule has 1 saturated heterocycles. The molecule has 0 spiro atoms. The molecule has 4 bridgehead atoms. The minimum atomic E-state index is -3.92. The lowest BCUT2D eigenvalue weighted by atomic mass is 9.49. The molecule has 8 nitrogen and oxygen atoms in total. The number of hydrogen-bond acceptors (Lipinski definition) is 5. The van der Waals surface area contributed by atoms with E-state index in [2.05, 4.69) is 0 Å². The lowest BCUT2D eigenvalue weighted by Gasteiger charge is -2.57. The molecular formula is C28H30ClN3O5S. The molecule has 2 N–H and O–H groups in total. The van der Waals surface area contributed by atoms with Crippen LogP contribution in [0.5, 0.6) is 0 Å². The first-order valence-corrected chi connectivity index (χ1v) is 15.0. The van der Waals surface area contributed by atoms with Crippen LogP contribution in [0.2, 0.25) is 5.02 Å². The van der Waals surface area contributed by atoms with Crippen molar-refractivity contribution < 1.29 is 22.8 Å². The van der Waals surface area contributed by atoms with Gasteiger partial charge in [0.2, 0.25) is 21.8 Å². The fraction of sp³-hybridized carbons (Fsp3) is 0.464. The highest BCUT2D eigenvalue weighted by molar-refractivity contribution is 7.89. The molecule has 2 aromatic rings. The van der Waals surface area contributed by atoms with Crippen molar-refractivity contribution >= 4 is 45.0 Å². The Morgan fingerprint density at radius 1 is 0.974 bits per heavy atom. The predicted molar refractivity (Wildman–Crippen MR) is 141 cm³/mol. The summed E-state index contributed by atoms with van der Waals surface area (Å²) in [7, 11) is -3.92. The number of primary sulfonamides is 1. The number of benzene rings is 2. The maximum Gasteiger partial charge on any atom is 0.257 e. The second-order valence-corrected chi connectivity index (χ2v) is 13.5. The van der Waals surface area contributed by atoms with Gasteiger partial charge in [0.15, 0.2) is 0 Å². The van der Waals surface area contributed by atoms with Gasteiger partial charge < -0.3 is 4.90 Å². The van der Waals surface area contributed by atoms with Gasteiger partial charge in [0.25, 0.3) is 5.91 Å². The summed E-state index contributed by atoms with van der Waals surface area (Å²) in [5.74, 6) is 0.648. The molecule has 4 saturated carbocycles. The molecule has 3 amide bonds. The Morgan fingerprint density at radius 2 is 1.55 bits per heavy atom. The average molecular weight is 556 g/mol. The van der Waals surface area contributed by atoms with Gasteiger partial charge in [-0.15, -0.1) is 0 Å². The van der Waals surface area contributed by atoms with Crippen molar-refractivity contribution in [2.24, 2.45) is 28.3 Å². The Bertz CT molecular complexity index is 1390. The fourth-order valence-electron chi connectivity index (χ4n) is 7.73. The number of anilines is 1. The Morgan fingerprint density at radius 3 is 2.11 bits per heavy atom. The van der Waals surface area contributed by atoms with Crippen LogP contribution < -0.4 is 10.0 Å². The summed E-state index contributed by atoms with van der Waals surface area (Å²) in [4.78, 5) is 44.0. The Balaban J connectivity index is 1.34. The molecule has 1 heterocycles. The summed E-state index contributed by atoms with van der Waals surface area (Å²) >= 11 is 6.48. The molecule has 1 atom stereocenters. The van der Waals surface area contributed by atoms with E-state index in [4.69, 9.17) is 16.7 Å². The molecule has 5 aliphatic rings. The summed E-state index contributed by atoms with van der Waals surface area (Å²) < 4.78 is 23.3. The second kappa shape index (κ2) is 9.17. The number of carbonyl (C=O) groups excluding carboxylic acids is 3. The van der Waals surface area contributed by atoms with Crippen LogP contribution in [0.25, 0.3) is 0 Å². The monoisotopic (exact) mass is 555 g/mol. The van der Waals surface area contributed by atoms with E-state index < -0.39 is 33.3 Å². The minimum Gasteiger partial charge on any atom is -0.325 e. The summed E-state index contributed by atoms with van der Waals surface area (Å²) in [5, 5.41) is 5.69. The number of hydrogen-bond donors (Lipinski definition) is 1. The summed E-state index contributed by atoms with van der Waals surface area (Å²) in [6.07, 6.45) is 5.91. The molecule has 4 aliphatic carbocycles. The van der Waals surface area contributed by atoms with Crippen molar-refractivity contribution in [1.29, 1.82) is 0 Å². The standard InChI is InChI=1S/C28H30ClN3O5S/c29-23-4-2-1-3-20(23)16-31(27(35)28-13-17-9-18(14-28)11-19(10-17)15-28)24-12-25(33)32(26(24)34)21-5-7-22(8-6-21)38(30,36)37/h1-8,17-19,24H,9-16H2,(H2,30,36,37). The lowest BCUT2D eigenvalue weighted by molar-refractivity contribution is -0.162. The first-order valence-electron chi connectivity index (χ1n) is 13.1. The number of sulfonamides is 1. The van der Waals surface area contributed by atoms with Gasteiger partial charge in [0.05, 0.1) is 22.4 Å². The van der Waals surface area contributed by atoms with Crippen molar-refractivity contribution in [3.8, 4) is 0 Å². The van der Waals surface area contributed by atoms with E-state index in [1.807, 2.05) is 18.2 Å². The molecule has 2 aromatic carbocycles. The van der Waals surface area contributed by atoms with E-state index in [1.165, 1.54) is 43.5 Å². The van der Waals surface area contributed by atoms with Gasteiger partial charge in [-0.25, -0.2) is 18.5 Å². The van der Waals surface area contributed by atoms with Crippen molar-refractivity contribution in [3.63, 3.8) is 0 Å². The number of rotatable bonds is 6. The highest BCUT2D eigenvalue weighted by Crippen LogP contribution is 2.60.